The van der Waals surface area contributed by atoms with E-state index in [4.69, 9.17) is 23.2 Å². The Kier molecular flexibility index (Phi) is 4.17. The van der Waals surface area contributed by atoms with Gasteiger partial charge in [-0.1, -0.05) is 23.7 Å². The molecule has 1 aromatic carbocycles. The number of anilines is 2. The van der Waals surface area contributed by atoms with Crippen molar-refractivity contribution in [3.05, 3.63) is 40.1 Å². The second-order valence-corrected chi connectivity index (χ2v) is 4.26. The van der Waals surface area contributed by atoms with Crippen LogP contribution < -0.4 is 10.6 Å². The molecule has 18 heavy (non-hydrogen) atoms. The first-order chi connectivity index (χ1) is 8.67. The zero-order valence-corrected chi connectivity index (χ0v) is 11.1. The molecular weight excluding hydrogens is 273 g/mol. The molecule has 0 aliphatic heterocycles. The van der Waals surface area contributed by atoms with Crippen LogP contribution in [0.1, 0.15) is 5.56 Å². The van der Waals surface area contributed by atoms with E-state index >= 15 is 0 Å². The molecule has 2 N–H and O–H groups in total. The highest BCUT2D eigenvalue weighted by atomic mass is 35.5. The SMILES string of the molecule is CNc1nc(Cl)nc(NCc2ccc(Cl)cc2)n1. The van der Waals surface area contributed by atoms with Crippen molar-refractivity contribution >= 4 is 35.1 Å². The lowest BCUT2D eigenvalue weighted by atomic mass is 10.2. The van der Waals surface area contributed by atoms with Gasteiger partial charge in [0.1, 0.15) is 0 Å². The van der Waals surface area contributed by atoms with Crippen molar-refractivity contribution in [2.24, 2.45) is 0 Å². The predicted octanol–water partition coefficient (Wildman–Crippen LogP) is 2.83. The molecular formula is C11H11Cl2N5. The summed E-state index contributed by atoms with van der Waals surface area (Å²) in [5.74, 6) is 0.850. The smallest absolute Gasteiger partial charge is 0.229 e. The maximum Gasteiger partial charge on any atom is 0.229 e. The highest BCUT2D eigenvalue weighted by Gasteiger charge is 2.03. The van der Waals surface area contributed by atoms with Crippen LogP contribution in [-0.4, -0.2) is 22.0 Å². The predicted molar refractivity (Wildman–Crippen MR) is 73.2 cm³/mol. The zero-order chi connectivity index (χ0) is 13.0. The maximum atomic E-state index is 5.81. The number of hydrogen-bond donors (Lipinski definition) is 2. The minimum atomic E-state index is 0.146. The van der Waals surface area contributed by atoms with Crippen molar-refractivity contribution in [1.29, 1.82) is 0 Å². The minimum Gasteiger partial charge on any atom is -0.357 e. The van der Waals surface area contributed by atoms with Gasteiger partial charge in [-0.2, -0.15) is 15.0 Å². The van der Waals surface area contributed by atoms with E-state index in [2.05, 4.69) is 25.6 Å². The Balaban J connectivity index is 2.05. The molecule has 0 bridgehead atoms. The molecule has 0 aliphatic rings. The van der Waals surface area contributed by atoms with Crippen molar-refractivity contribution in [2.75, 3.05) is 17.7 Å². The van der Waals surface area contributed by atoms with Gasteiger partial charge in [0, 0.05) is 18.6 Å². The van der Waals surface area contributed by atoms with Crippen LogP contribution in [0.2, 0.25) is 10.3 Å². The lowest BCUT2D eigenvalue weighted by Crippen LogP contribution is -2.07. The summed E-state index contributed by atoms with van der Waals surface area (Å²) in [5.41, 5.74) is 1.07. The van der Waals surface area contributed by atoms with Crippen molar-refractivity contribution in [3.8, 4) is 0 Å². The second-order valence-electron chi connectivity index (χ2n) is 3.48. The third kappa shape index (κ3) is 3.45. The van der Waals surface area contributed by atoms with Crippen LogP contribution in [0.4, 0.5) is 11.9 Å². The van der Waals surface area contributed by atoms with Crippen molar-refractivity contribution in [3.63, 3.8) is 0 Å². The molecule has 0 atom stereocenters. The molecule has 0 amide bonds. The molecule has 0 saturated carbocycles. The number of halogens is 2. The number of hydrogen-bond acceptors (Lipinski definition) is 5. The molecule has 0 fully saturated rings. The average Bonchev–Trinajstić information content (AvgIpc) is 2.37. The van der Waals surface area contributed by atoms with Crippen LogP contribution in [0, 0.1) is 0 Å². The summed E-state index contributed by atoms with van der Waals surface area (Å²) >= 11 is 11.6. The summed E-state index contributed by atoms with van der Waals surface area (Å²) in [6.07, 6.45) is 0. The molecule has 7 heteroatoms. The number of benzene rings is 1. The van der Waals surface area contributed by atoms with Crippen LogP contribution in [-0.2, 0) is 6.54 Å². The van der Waals surface area contributed by atoms with E-state index in [1.54, 1.807) is 7.05 Å². The van der Waals surface area contributed by atoms with E-state index < -0.39 is 0 Å². The second kappa shape index (κ2) is 5.84. The molecule has 0 spiro atoms. The lowest BCUT2D eigenvalue weighted by Gasteiger charge is -2.06. The largest absolute Gasteiger partial charge is 0.357 e. The molecule has 2 aromatic rings. The van der Waals surface area contributed by atoms with Crippen LogP contribution in [0.15, 0.2) is 24.3 Å². The van der Waals surface area contributed by atoms with Crippen LogP contribution in [0.5, 0.6) is 0 Å². The highest BCUT2D eigenvalue weighted by molar-refractivity contribution is 6.30. The van der Waals surface area contributed by atoms with Gasteiger partial charge in [-0.25, -0.2) is 0 Å². The minimum absolute atomic E-state index is 0.146. The number of rotatable bonds is 4. The van der Waals surface area contributed by atoms with Gasteiger partial charge in [-0.3, -0.25) is 0 Å². The average molecular weight is 284 g/mol. The topological polar surface area (TPSA) is 62.7 Å². The third-order valence-corrected chi connectivity index (χ3v) is 2.62. The van der Waals surface area contributed by atoms with Gasteiger partial charge >= 0.3 is 0 Å². The fourth-order valence-corrected chi connectivity index (χ4v) is 1.61. The first kappa shape index (κ1) is 12.9. The van der Waals surface area contributed by atoms with Crippen molar-refractivity contribution in [2.45, 2.75) is 6.54 Å². The first-order valence-electron chi connectivity index (χ1n) is 5.25. The Labute approximate surface area is 115 Å². The van der Waals surface area contributed by atoms with Crippen molar-refractivity contribution < 1.29 is 0 Å². The Morgan fingerprint density at radius 1 is 1.00 bits per heavy atom. The van der Waals surface area contributed by atoms with Gasteiger partial charge in [0.05, 0.1) is 0 Å². The molecule has 1 aromatic heterocycles. The summed E-state index contributed by atoms with van der Waals surface area (Å²) in [6.45, 7) is 0.584. The summed E-state index contributed by atoms with van der Waals surface area (Å²) in [6, 6.07) is 7.52. The van der Waals surface area contributed by atoms with Gasteiger partial charge in [-0.05, 0) is 29.3 Å². The fraction of sp³-hybridized carbons (Fsp3) is 0.182. The molecule has 94 valence electrons. The number of nitrogens with one attached hydrogen (secondary N) is 2. The van der Waals surface area contributed by atoms with Gasteiger partial charge in [0.15, 0.2) is 0 Å². The molecule has 1 heterocycles. The molecule has 5 nitrogen and oxygen atoms in total. The van der Waals surface area contributed by atoms with Crippen molar-refractivity contribution in [1.82, 2.24) is 15.0 Å². The first-order valence-corrected chi connectivity index (χ1v) is 6.00. The summed E-state index contributed by atoms with van der Waals surface area (Å²) in [4.78, 5) is 12.0. The zero-order valence-electron chi connectivity index (χ0n) is 9.61. The number of nitrogens with zero attached hydrogens (tertiary/aromatic N) is 3. The van der Waals surface area contributed by atoms with E-state index in [-0.39, 0.29) is 5.28 Å². The quantitative estimate of drug-likeness (QED) is 0.904. The highest BCUT2D eigenvalue weighted by Crippen LogP contribution is 2.12. The summed E-state index contributed by atoms with van der Waals surface area (Å²) < 4.78 is 0. The van der Waals surface area contributed by atoms with Crippen LogP contribution >= 0.6 is 23.2 Å². The summed E-state index contributed by atoms with van der Waals surface area (Å²) in [5, 5.41) is 6.73. The van der Waals surface area contributed by atoms with Gasteiger partial charge in [0.25, 0.3) is 0 Å². The standard InChI is InChI=1S/C11H11Cl2N5/c1-14-10-16-9(13)17-11(18-10)15-6-7-2-4-8(12)5-3-7/h2-5H,6H2,1H3,(H2,14,15,16,17,18). The Bertz CT molecular complexity index is 529. The van der Waals surface area contributed by atoms with E-state index in [9.17, 15) is 0 Å². The molecule has 0 saturated heterocycles. The molecule has 0 radical (unpaired) electrons. The van der Waals surface area contributed by atoms with Gasteiger partial charge < -0.3 is 10.6 Å². The normalized spacial score (nSPS) is 10.2. The number of aromatic nitrogens is 3. The summed E-state index contributed by atoms with van der Waals surface area (Å²) in [7, 11) is 1.72. The Hall–Kier alpha value is -1.59. The van der Waals surface area contributed by atoms with E-state index in [0.717, 1.165) is 5.56 Å². The molecule has 0 aliphatic carbocycles. The van der Waals surface area contributed by atoms with E-state index in [1.165, 1.54) is 0 Å². The lowest BCUT2D eigenvalue weighted by molar-refractivity contribution is 1.00. The molecule has 0 unspecified atom stereocenters. The maximum absolute atomic E-state index is 5.81. The van der Waals surface area contributed by atoms with E-state index in [0.29, 0.717) is 23.5 Å². The van der Waals surface area contributed by atoms with Crippen LogP contribution in [0.3, 0.4) is 0 Å². The Morgan fingerprint density at radius 2 is 1.67 bits per heavy atom. The third-order valence-electron chi connectivity index (χ3n) is 2.20. The fourth-order valence-electron chi connectivity index (χ4n) is 1.32. The van der Waals surface area contributed by atoms with Crippen LogP contribution in [0.25, 0.3) is 0 Å². The van der Waals surface area contributed by atoms with E-state index in [1.807, 2.05) is 24.3 Å². The monoisotopic (exact) mass is 283 g/mol. The van der Waals surface area contributed by atoms with Gasteiger partial charge in [0.2, 0.25) is 17.2 Å². The molecule has 2 rings (SSSR count). The van der Waals surface area contributed by atoms with Gasteiger partial charge in [-0.15, -0.1) is 0 Å². The Morgan fingerprint density at radius 3 is 2.33 bits per heavy atom.